The van der Waals surface area contributed by atoms with Gasteiger partial charge in [0.2, 0.25) is 0 Å². The first-order valence-electron chi connectivity index (χ1n) is 2.82. The molecule has 1 aliphatic rings. The first-order valence-corrected chi connectivity index (χ1v) is 2.82. The van der Waals surface area contributed by atoms with Gasteiger partial charge >= 0.3 is 5.97 Å². The first kappa shape index (κ1) is 6.51. The van der Waals surface area contributed by atoms with Crippen molar-refractivity contribution in [3.8, 4) is 0 Å². The molecule has 0 spiro atoms. The van der Waals surface area contributed by atoms with Crippen LogP contribution in [0.4, 0.5) is 0 Å². The van der Waals surface area contributed by atoms with Crippen LogP contribution in [0.5, 0.6) is 0 Å². The van der Waals surface area contributed by atoms with Crippen molar-refractivity contribution in [3.63, 3.8) is 0 Å². The molecule has 0 aromatic carbocycles. The van der Waals surface area contributed by atoms with E-state index in [0.29, 0.717) is 13.0 Å². The van der Waals surface area contributed by atoms with Crippen LogP contribution in [-0.2, 0) is 9.53 Å². The summed E-state index contributed by atoms with van der Waals surface area (Å²) in [4.78, 5) is 10.4. The zero-order valence-corrected chi connectivity index (χ0v) is 4.91. The number of rotatable bonds is 1. The summed E-state index contributed by atoms with van der Waals surface area (Å²) < 4.78 is 4.61. The Bertz CT molecular complexity index is 125. The van der Waals surface area contributed by atoms with Gasteiger partial charge in [0.1, 0.15) is 6.10 Å². The third-order valence-electron chi connectivity index (χ3n) is 1.30. The normalized spacial score (nSPS) is 34.7. The second kappa shape index (κ2) is 2.33. The third kappa shape index (κ3) is 1.20. The second-order valence-corrected chi connectivity index (χ2v) is 2.05. The predicted octanol–water partition coefficient (Wildman–Crippen LogP) is -1.38. The Labute approximate surface area is 52.6 Å². The summed E-state index contributed by atoms with van der Waals surface area (Å²) in [5.74, 6) is -0.551. The highest BCUT2D eigenvalue weighted by Gasteiger charge is 2.31. The summed E-state index contributed by atoms with van der Waals surface area (Å²) in [5.41, 5.74) is 5.17. The molecule has 0 aromatic rings. The highest BCUT2D eigenvalue weighted by atomic mass is 16.6. The van der Waals surface area contributed by atoms with Gasteiger partial charge in [0.25, 0.3) is 0 Å². The van der Waals surface area contributed by atoms with Crippen molar-refractivity contribution in [1.82, 2.24) is 0 Å². The predicted molar refractivity (Wildman–Crippen MR) is 29.6 cm³/mol. The molecule has 1 aliphatic heterocycles. The molecule has 9 heavy (non-hydrogen) atoms. The summed E-state index contributed by atoms with van der Waals surface area (Å²) in [6.45, 7) is 0.294. The van der Waals surface area contributed by atoms with E-state index in [1.54, 1.807) is 0 Å². The monoisotopic (exact) mass is 131 g/mol. The summed E-state index contributed by atoms with van der Waals surface area (Å²) in [7, 11) is 0. The summed E-state index contributed by atoms with van der Waals surface area (Å²) >= 11 is 0. The number of carbonyl (C=O) groups excluding carboxylic acids is 1. The quantitative estimate of drug-likeness (QED) is 0.430. The van der Waals surface area contributed by atoms with E-state index in [1.807, 2.05) is 0 Å². The Kier molecular flexibility index (Phi) is 1.68. The minimum atomic E-state index is -0.946. The molecular weight excluding hydrogens is 122 g/mol. The minimum absolute atomic E-state index is 0.271. The van der Waals surface area contributed by atoms with Gasteiger partial charge in [-0.3, -0.25) is 0 Å². The molecule has 0 radical (unpaired) electrons. The maximum atomic E-state index is 10.4. The van der Waals surface area contributed by atoms with Crippen LogP contribution in [0.25, 0.3) is 0 Å². The van der Waals surface area contributed by atoms with Gasteiger partial charge in [-0.1, -0.05) is 0 Å². The maximum Gasteiger partial charge on any atom is 0.335 e. The van der Waals surface area contributed by atoms with E-state index in [2.05, 4.69) is 4.74 Å². The Morgan fingerprint density at radius 1 is 1.89 bits per heavy atom. The van der Waals surface area contributed by atoms with Gasteiger partial charge in [-0.15, -0.1) is 0 Å². The SMILES string of the molecule is NC[C@H]1C[C@@H](O)C(=O)O1. The highest BCUT2D eigenvalue weighted by molar-refractivity contribution is 5.76. The van der Waals surface area contributed by atoms with E-state index in [0.717, 1.165) is 0 Å². The Balaban J connectivity index is 2.44. The number of cyclic esters (lactones) is 1. The van der Waals surface area contributed by atoms with E-state index in [9.17, 15) is 4.79 Å². The van der Waals surface area contributed by atoms with Gasteiger partial charge in [-0.25, -0.2) is 4.79 Å². The van der Waals surface area contributed by atoms with E-state index >= 15 is 0 Å². The van der Waals surface area contributed by atoms with Gasteiger partial charge in [0.15, 0.2) is 6.10 Å². The molecule has 0 aromatic heterocycles. The average Bonchev–Trinajstić information content (AvgIpc) is 2.13. The van der Waals surface area contributed by atoms with Crippen molar-refractivity contribution < 1.29 is 14.6 Å². The Morgan fingerprint density at radius 2 is 2.56 bits per heavy atom. The minimum Gasteiger partial charge on any atom is -0.459 e. The second-order valence-electron chi connectivity index (χ2n) is 2.05. The first-order chi connectivity index (χ1) is 4.24. The fraction of sp³-hybridized carbons (Fsp3) is 0.800. The van der Waals surface area contributed by atoms with Crippen LogP contribution in [0.3, 0.4) is 0 Å². The van der Waals surface area contributed by atoms with E-state index in [4.69, 9.17) is 10.8 Å². The number of hydrogen-bond acceptors (Lipinski definition) is 4. The fourth-order valence-corrected chi connectivity index (χ4v) is 0.780. The molecule has 0 aliphatic carbocycles. The zero-order chi connectivity index (χ0) is 6.85. The van der Waals surface area contributed by atoms with Crippen molar-refractivity contribution in [3.05, 3.63) is 0 Å². The van der Waals surface area contributed by atoms with Crippen molar-refractivity contribution in [2.45, 2.75) is 18.6 Å². The van der Waals surface area contributed by atoms with Crippen LogP contribution in [0, 0.1) is 0 Å². The number of nitrogens with two attached hydrogens (primary N) is 1. The van der Waals surface area contributed by atoms with Gasteiger partial charge in [0.05, 0.1) is 0 Å². The van der Waals surface area contributed by atoms with Crippen LogP contribution < -0.4 is 5.73 Å². The molecule has 1 saturated heterocycles. The van der Waals surface area contributed by atoms with Crippen molar-refractivity contribution in [2.24, 2.45) is 5.73 Å². The van der Waals surface area contributed by atoms with Crippen molar-refractivity contribution in [1.29, 1.82) is 0 Å². The van der Waals surface area contributed by atoms with Gasteiger partial charge < -0.3 is 15.6 Å². The molecule has 1 heterocycles. The van der Waals surface area contributed by atoms with E-state index in [1.165, 1.54) is 0 Å². The molecule has 1 fully saturated rings. The van der Waals surface area contributed by atoms with Crippen molar-refractivity contribution >= 4 is 5.97 Å². The Hall–Kier alpha value is -0.610. The number of aliphatic hydroxyl groups excluding tert-OH is 1. The van der Waals surface area contributed by atoms with Crippen LogP contribution in [0.15, 0.2) is 0 Å². The molecule has 3 N–H and O–H groups in total. The van der Waals surface area contributed by atoms with Gasteiger partial charge in [0, 0.05) is 13.0 Å². The van der Waals surface area contributed by atoms with Gasteiger partial charge in [-0.05, 0) is 0 Å². The maximum absolute atomic E-state index is 10.4. The molecule has 0 amide bonds. The molecule has 4 nitrogen and oxygen atoms in total. The van der Waals surface area contributed by atoms with Crippen molar-refractivity contribution in [2.75, 3.05) is 6.54 Å². The lowest BCUT2D eigenvalue weighted by Gasteiger charge is -2.01. The number of carbonyl (C=O) groups is 1. The zero-order valence-electron chi connectivity index (χ0n) is 4.91. The van der Waals surface area contributed by atoms with Crippen LogP contribution >= 0.6 is 0 Å². The lowest BCUT2D eigenvalue weighted by Crippen LogP contribution is -2.19. The molecule has 1 rings (SSSR count). The van der Waals surface area contributed by atoms with Gasteiger partial charge in [-0.2, -0.15) is 0 Å². The van der Waals surface area contributed by atoms with Crippen LogP contribution in [0.1, 0.15) is 6.42 Å². The fourth-order valence-electron chi connectivity index (χ4n) is 0.780. The third-order valence-corrected chi connectivity index (χ3v) is 1.30. The summed E-state index contributed by atoms with van der Waals surface area (Å²) in [6, 6.07) is 0. The number of aliphatic hydroxyl groups is 1. The average molecular weight is 131 g/mol. The highest BCUT2D eigenvalue weighted by Crippen LogP contribution is 2.12. The number of ether oxygens (including phenoxy) is 1. The molecular formula is C5H9NO3. The number of hydrogen-bond donors (Lipinski definition) is 2. The largest absolute Gasteiger partial charge is 0.459 e. The topological polar surface area (TPSA) is 72.5 Å². The smallest absolute Gasteiger partial charge is 0.335 e. The molecule has 4 heteroatoms. The number of esters is 1. The van der Waals surface area contributed by atoms with Crippen LogP contribution in [-0.4, -0.2) is 29.8 Å². The summed E-state index contributed by atoms with van der Waals surface area (Å²) in [6.07, 6.45) is -0.874. The molecule has 52 valence electrons. The van der Waals surface area contributed by atoms with Crippen LogP contribution in [0.2, 0.25) is 0 Å². The van der Waals surface area contributed by atoms with E-state index < -0.39 is 12.1 Å². The summed E-state index contributed by atoms with van der Waals surface area (Å²) in [5, 5.41) is 8.77. The van der Waals surface area contributed by atoms with E-state index in [-0.39, 0.29) is 6.10 Å². The molecule has 0 unspecified atom stereocenters. The molecule has 2 atom stereocenters. The molecule has 0 bridgehead atoms. The lowest BCUT2D eigenvalue weighted by atomic mass is 10.2. The Morgan fingerprint density at radius 3 is 2.78 bits per heavy atom. The standard InChI is InChI=1S/C5H9NO3/c6-2-3-1-4(7)5(8)9-3/h3-4,7H,1-2,6H2/t3-,4-/m1/s1. The molecule has 0 saturated carbocycles. The lowest BCUT2D eigenvalue weighted by molar-refractivity contribution is -0.147.